The molecule has 0 fully saturated rings. The van der Waals surface area contributed by atoms with Crippen molar-refractivity contribution >= 4 is 22.1 Å². The van der Waals surface area contributed by atoms with Crippen LogP contribution in [0.4, 0.5) is 0 Å². The molecule has 2 aromatic heterocycles. The van der Waals surface area contributed by atoms with Gasteiger partial charge in [-0.1, -0.05) is 69.3 Å². The summed E-state index contributed by atoms with van der Waals surface area (Å²) >= 11 is 0. The van der Waals surface area contributed by atoms with Crippen molar-refractivity contribution in [3.63, 3.8) is 0 Å². The van der Waals surface area contributed by atoms with Crippen molar-refractivity contribution in [3.8, 4) is 28.5 Å². The second-order valence-electron chi connectivity index (χ2n) is 10.5. The van der Waals surface area contributed by atoms with Gasteiger partial charge in [-0.3, -0.25) is 0 Å². The number of hydrogen-bond donors (Lipinski definition) is 0. The normalized spacial score (nSPS) is 12.0. The minimum Gasteiger partial charge on any atom is -0.435 e. The van der Waals surface area contributed by atoms with Crippen LogP contribution in [0.5, 0.6) is 0 Å². The molecule has 6 aromatic rings. The molecule has 0 bridgehead atoms. The molecule has 0 saturated carbocycles. The molecular weight excluding hydrogens is 442 g/mol. The summed E-state index contributed by atoms with van der Waals surface area (Å²) in [6, 6.07) is 31.7. The zero-order valence-corrected chi connectivity index (χ0v) is 21.4. The maximum Gasteiger partial charge on any atom is 0.299 e. The van der Waals surface area contributed by atoms with Crippen molar-refractivity contribution in [2.75, 3.05) is 0 Å². The van der Waals surface area contributed by atoms with Crippen molar-refractivity contribution in [1.82, 2.24) is 9.55 Å². The number of hydrogen-bond acceptors (Lipinski definition) is 2. The van der Waals surface area contributed by atoms with Gasteiger partial charge in [-0.2, -0.15) is 4.57 Å². The summed E-state index contributed by atoms with van der Waals surface area (Å²) in [5, 5.41) is 0. The van der Waals surface area contributed by atoms with Crippen LogP contribution in [-0.4, -0.2) is 9.55 Å². The van der Waals surface area contributed by atoms with Gasteiger partial charge in [-0.15, -0.1) is 0 Å². The monoisotopic (exact) mass is 472 g/mol. The Hall–Kier alpha value is -4.18. The lowest BCUT2D eigenvalue weighted by Gasteiger charge is -2.18. The van der Waals surface area contributed by atoms with E-state index in [1.807, 2.05) is 30.3 Å². The van der Waals surface area contributed by atoms with Gasteiger partial charge in [-0.05, 0) is 65.9 Å². The number of fused-ring (bicyclic) bond motifs is 2. The number of nitrogens with zero attached hydrogens (tertiary/aromatic N) is 3. The van der Waals surface area contributed by atoms with Gasteiger partial charge in [0.2, 0.25) is 5.89 Å². The van der Waals surface area contributed by atoms with Gasteiger partial charge in [0, 0.05) is 5.56 Å². The number of imidazole rings is 1. The molecule has 0 radical (unpaired) electrons. The van der Waals surface area contributed by atoms with E-state index >= 15 is 0 Å². The highest BCUT2D eigenvalue weighted by Gasteiger charge is 2.30. The van der Waals surface area contributed by atoms with Crippen molar-refractivity contribution in [3.05, 3.63) is 102 Å². The smallest absolute Gasteiger partial charge is 0.299 e. The number of rotatable bonds is 3. The molecule has 0 amide bonds. The standard InChI is InChI=1S/C32H30N3O/c1-21-15-20-25-29(36-30(33-25)22-11-7-6-8-12-22)28(21)31-34(5)26-13-9-10-14-27(26)35(31)24-18-16-23(17-19-24)32(2,3)4/h6-20H,1-5H3/q+1. The van der Waals surface area contributed by atoms with E-state index in [9.17, 15) is 0 Å². The first-order valence-electron chi connectivity index (χ1n) is 12.4. The van der Waals surface area contributed by atoms with Gasteiger partial charge >= 0.3 is 0 Å². The van der Waals surface area contributed by atoms with Gasteiger partial charge in [-0.25, -0.2) is 9.55 Å². The Balaban J connectivity index is 1.66. The maximum absolute atomic E-state index is 6.49. The van der Waals surface area contributed by atoms with Crippen LogP contribution in [0.15, 0.2) is 95.4 Å². The van der Waals surface area contributed by atoms with E-state index in [2.05, 4.69) is 105 Å². The predicted octanol–water partition coefficient (Wildman–Crippen LogP) is 7.54. The van der Waals surface area contributed by atoms with E-state index in [1.54, 1.807) is 0 Å². The highest BCUT2D eigenvalue weighted by molar-refractivity contribution is 5.93. The molecule has 0 aliphatic rings. The fraction of sp³-hybridized carbons (Fsp3) is 0.188. The third-order valence-electron chi connectivity index (χ3n) is 7.02. The fourth-order valence-electron chi connectivity index (χ4n) is 5.04. The van der Waals surface area contributed by atoms with Crippen molar-refractivity contribution in [2.24, 2.45) is 7.05 Å². The first-order chi connectivity index (χ1) is 17.3. The molecule has 2 heterocycles. The summed E-state index contributed by atoms with van der Waals surface area (Å²) in [6.07, 6.45) is 0. The molecule has 36 heavy (non-hydrogen) atoms. The van der Waals surface area contributed by atoms with Gasteiger partial charge in [0.15, 0.2) is 16.6 Å². The molecule has 0 aliphatic carbocycles. The first-order valence-corrected chi connectivity index (χ1v) is 12.4. The van der Waals surface area contributed by atoms with Crippen LogP contribution in [0, 0.1) is 6.92 Å². The second-order valence-corrected chi connectivity index (χ2v) is 10.5. The minimum atomic E-state index is 0.0979. The molecule has 6 rings (SSSR count). The average molecular weight is 473 g/mol. The van der Waals surface area contributed by atoms with Gasteiger partial charge in [0.05, 0.1) is 7.05 Å². The molecule has 4 aromatic carbocycles. The molecule has 4 nitrogen and oxygen atoms in total. The van der Waals surface area contributed by atoms with E-state index in [-0.39, 0.29) is 5.41 Å². The average Bonchev–Trinajstić information content (AvgIpc) is 3.44. The molecule has 0 aliphatic heterocycles. The van der Waals surface area contributed by atoms with Gasteiger partial charge < -0.3 is 4.42 Å². The number of oxazole rings is 1. The zero-order valence-electron chi connectivity index (χ0n) is 21.4. The molecule has 0 spiro atoms. The summed E-state index contributed by atoms with van der Waals surface area (Å²) in [7, 11) is 2.13. The Bertz CT molecular complexity index is 1720. The van der Waals surface area contributed by atoms with Crippen LogP contribution in [0.2, 0.25) is 0 Å². The van der Waals surface area contributed by atoms with Crippen LogP contribution in [0.1, 0.15) is 31.9 Å². The number of aromatic nitrogens is 3. The lowest BCUT2D eigenvalue weighted by molar-refractivity contribution is -0.633. The van der Waals surface area contributed by atoms with Crippen LogP contribution in [0.3, 0.4) is 0 Å². The summed E-state index contributed by atoms with van der Waals surface area (Å²) in [5.41, 5.74) is 9.67. The van der Waals surface area contributed by atoms with E-state index in [1.165, 1.54) is 5.56 Å². The number of benzene rings is 4. The van der Waals surface area contributed by atoms with E-state index in [0.717, 1.165) is 50.3 Å². The van der Waals surface area contributed by atoms with Crippen LogP contribution >= 0.6 is 0 Å². The van der Waals surface area contributed by atoms with Crippen LogP contribution < -0.4 is 4.57 Å². The summed E-state index contributed by atoms with van der Waals surface area (Å²) < 4.78 is 11.1. The Morgan fingerprint density at radius 2 is 1.50 bits per heavy atom. The lowest BCUT2D eigenvalue weighted by atomic mass is 9.87. The summed E-state index contributed by atoms with van der Waals surface area (Å²) in [4.78, 5) is 4.85. The first kappa shape index (κ1) is 22.3. The predicted molar refractivity (Wildman–Crippen MR) is 146 cm³/mol. The Morgan fingerprint density at radius 1 is 0.806 bits per heavy atom. The largest absolute Gasteiger partial charge is 0.435 e. The van der Waals surface area contributed by atoms with Crippen LogP contribution in [-0.2, 0) is 12.5 Å². The summed E-state index contributed by atoms with van der Waals surface area (Å²) in [6.45, 7) is 8.88. The van der Waals surface area contributed by atoms with Crippen molar-refractivity contribution < 1.29 is 8.98 Å². The van der Waals surface area contributed by atoms with E-state index < -0.39 is 0 Å². The number of aryl methyl sites for hydroxylation is 2. The van der Waals surface area contributed by atoms with E-state index in [0.29, 0.717) is 5.89 Å². The molecule has 0 N–H and O–H groups in total. The zero-order chi connectivity index (χ0) is 25.0. The van der Waals surface area contributed by atoms with Gasteiger partial charge in [0.25, 0.3) is 5.82 Å². The topological polar surface area (TPSA) is 34.8 Å². The Labute approximate surface area is 211 Å². The highest BCUT2D eigenvalue weighted by atomic mass is 16.3. The highest BCUT2D eigenvalue weighted by Crippen LogP contribution is 2.37. The van der Waals surface area contributed by atoms with Crippen LogP contribution in [0.25, 0.3) is 50.7 Å². The van der Waals surface area contributed by atoms with E-state index in [4.69, 9.17) is 9.40 Å². The van der Waals surface area contributed by atoms with Crippen molar-refractivity contribution in [1.29, 1.82) is 0 Å². The van der Waals surface area contributed by atoms with Crippen molar-refractivity contribution in [2.45, 2.75) is 33.1 Å². The number of para-hydroxylation sites is 2. The molecule has 4 heteroatoms. The Kier molecular flexibility index (Phi) is 5.08. The lowest BCUT2D eigenvalue weighted by Crippen LogP contribution is -2.30. The summed E-state index contributed by atoms with van der Waals surface area (Å²) in [5.74, 6) is 1.70. The maximum atomic E-state index is 6.49. The third-order valence-corrected chi connectivity index (χ3v) is 7.02. The quantitative estimate of drug-likeness (QED) is 0.249. The molecule has 0 unspecified atom stereocenters. The Morgan fingerprint density at radius 3 is 2.22 bits per heavy atom. The SMILES string of the molecule is Cc1ccc2nc(-c3ccccc3)oc2c1-c1n(-c2ccc(C(C)(C)C)cc2)c2ccccc2[n+]1C. The molecule has 0 atom stereocenters. The molecular formula is C32H30N3O+. The van der Waals surface area contributed by atoms with Gasteiger partial charge in [0.1, 0.15) is 16.8 Å². The molecule has 0 saturated heterocycles. The minimum absolute atomic E-state index is 0.0979. The molecule has 178 valence electrons. The fourth-order valence-corrected chi connectivity index (χ4v) is 5.04. The second kappa shape index (κ2) is 8.20. The third kappa shape index (κ3) is 3.53.